The van der Waals surface area contributed by atoms with Crippen molar-refractivity contribution < 1.29 is 14.3 Å². The van der Waals surface area contributed by atoms with Crippen LogP contribution in [-0.2, 0) is 6.42 Å². The number of hydrogen-bond donors (Lipinski definition) is 2. The van der Waals surface area contributed by atoms with Gasteiger partial charge in [-0.3, -0.25) is 4.79 Å². The van der Waals surface area contributed by atoms with Gasteiger partial charge in [-0.15, -0.1) is 11.3 Å². The Hall–Kier alpha value is -2.34. The number of methoxy groups -OCH3 is 1. The smallest absolute Gasteiger partial charge is 0.319 e. The molecule has 1 heterocycles. The van der Waals surface area contributed by atoms with Crippen molar-refractivity contribution >= 4 is 28.8 Å². The van der Waals surface area contributed by atoms with Crippen molar-refractivity contribution in [3.63, 3.8) is 0 Å². The number of amides is 2. The van der Waals surface area contributed by atoms with Crippen molar-refractivity contribution in [2.24, 2.45) is 0 Å². The number of urea groups is 1. The first-order valence-corrected chi connectivity index (χ1v) is 7.69. The number of Topliss-reactive ketones (excluding diaryl/α,β-unsaturated/α-hetero) is 1. The lowest BCUT2D eigenvalue weighted by atomic mass is 10.3. The average Bonchev–Trinajstić information content (AvgIpc) is 2.97. The quantitative estimate of drug-likeness (QED) is 0.803. The monoisotopic (exact) mass is 318 g/mol. The molecule has 1 aromatic carbocycles. The molecule has 2 amide bonds. The highest BCUT2D eigenvalue weighted by atomic mass is 32.1. The number of anilines is 1. The van der Waals surface area contributed by atoms with E-state index in [1.54, 1.807) is 26.2 Å². The van der Waals surface area contributed by atoms with Gasteiger partial charge in [0.25, 0.3) is 0 Å². The summed E-state index contributed by atoms with van der Waals surface area (Å²) in [5.41, 5.74) is 0.623. The number of benzene rings is 1. The summed E-state index contributed by atoms with van der Waals surface area (Å²) in [6.07, 6.45) is 0.692. The summed E-state index contributed by atoms with van der Waals surface area (Å²) < 4.78 is 5.17. The summed E-state index contributed by atoms with van der Waals surface area (Å²) in [5, 5.41) is 5.53. The molecule has 0 bridgehead atoms. The van der Waals surface area contributed by atoms with Crippen molar-refractivity contribution in [3.05, 3.63) is 46.2 Å². The van der Waals surface area contributed by atoms with Crippen LogP contribution < -0.4 is 15.4 Å². The summed E-state index contributed by atoms with van der Waals surface area (Å²) in [5.74, 6) is 0.681. The molecule has 0 atom stereocenters. The van der Waals surface area contributed by atoms with E-state index in [9.17, 15) is 9.59 Å². The third kappa shape index (κ3) is 4.33. The van der Waals surface area contributed by atoms with Crippen LogP contribution in [0, 0.1) is 0 Å². The summed E-state index contributed by atoms with van der Waals surface area (Å²) in [6.45, 7) is 2.05. The van der Waals surface area contributed by atoms with Crippen LogP contribution in [0.1, 0.15) is 21.5 Å². The minimum atomic E-state index is -0.284. The summed E-state index contributed by atoms with van der Waals surface area (Å²) in [7, 11) is 1.56. The molecule has 0 saturated carbocycles. The van der Waals surface area contributed by atoms with Crippen LogP contribution in [0.15, 0.2) is 36.4 Å². The second-order valence-electron chi connectivity index (χ2n) is 4.65. The molecule has 0 aliphatic heterocycles. The van der Waals surface area contributed by atoms with Gasteiger partial charge in [-0.2, -0.15) is 0 Å². The maximum Gasteiger partial charge on any atom is 0.319 e. The molecule has 0 aliphatic rings. The fourth-order valence-electron chi connectivity index (χ4n) is 1.92. The highest BCUT2D eigenvalue weighted by Crippen LogP contribution is 2.22. The molecule has 116 valence electrons. The number of carbonyl (C=O) groups excluding carboxylic acids is 2. The normalized spacial score (nSPS) is 10.1. The van der Waals surface area contributed by atoms with Gasteiger partial charge in [0.1, 0.15) is 5.75 Å². The van der Waals surface area contributed by atoms with E-state index in [2.05, 4.69) is 10.6 Å². The number of nitrogens with one attached hydrogen (secondary N) is 2. The van der Waals surface area contributed by atoms with Gasteiger partial charge in [0.2, 0.25) is 0 Å². The van der Waals surface area contributed by atoms with Gasteiger partial charge < -0.3 is 15.4 Å². The molecule has 2 aromatic rings. The molecule has 1 aromatic heterocycles. The van der Waals surface area contributed by atoms with E-state index in [0.717, 1.165) is 9.75 Å². The first-order chi connectivity index (χ1) is 10.6. The third-order valence-electron chi connectivity index (χ3n) is 3.02. The maximum atomic E-state index is 11.9. The van der Waals surface area contributed by atoms with E-state index in [-0.39, 0.29) is 11.8 Å². The molecule has 0 fully saturated rings. The highest BCUT2D eigenvalue weighted by molar-refractivity contribution is 7.14. The zero-order chi connectivity index (χ0) is 15.9. The Kier molecular flexibility index (Phi) is 5.55. The minimum Gasteiger partial charge on any atom is -0.495 e. The van der Waals surface area contributed by atoms with Crippen molar-refractivity contribution in [1.29, 1.82) is 0 Å². The summed E-state index contributed by atoms with van der Waals surface area (Å²) >= 11 is 1.46. The summed E-state index contributed by atoms with van der Waals surface area (Å²) in [4.78, 5) is 24.9. The van der Waals surface area contributed by atoms with Gasteiger partial charge in [-0.05, 0) is 37.6 Å². The molecular formula is C16H18N2O3S. The largest absolute Gasteiger partial charge is 0.495 e. The van der Waals surface area contributed by atoms with E-state index in [4.69, 9.17) is 4.74 Å². The van der Waals surface area contributed by atoms with Crippen LogP contribution >= 0.6 is 11.3 Å². The standard InChI is InChI=1S/C16H18N2O3S/c1-11(19)15-8-7-12(22-15)9-10-17-16(20)18-13-5-3-4-6-14(13)21-2/h3-8H,9-10H2,1-2H3,(H2,17,18,20). The Morgan fingerprint density at radius 1 is 1.18 bits per heavy atom. The fraction of sp³-hybridized carbons (Fsp3) is 0.250. The third-order valence-corrected chi connectivity index (χ3v) is 4.27. The zero-order valence-corrected chi connectivity index (χ0v) is 13.3. The van der Waals surface area contributed by atoms with Crippen molar-refractivity contribution in [3.8, 4) is 5.75 Å². The number of thiophene rings is 1. The van der Waals surface area contributed by atoms with Gasteiger partial charge in [0, 0.05) is 11.4 Å². The van der Waals surface area contributed by atoms with Gasteiger partial charge >= 0.3 is 6.03 Å². The molecule has 0 unspecified atom stereocenters. The van der Waals surface area contributed by atoms with E-state index in [0.29, 0.717) is 24.4 Å². The van der Waals surface area contributed by atoms with Crippen molar-refractivity contribution in [2.75, 3.05) is 19.0 Å². The van der Waals surface area contributed by atoms with E-state index in [1.807, 2.05) is 24.3 Å². The zero-order valence-electron chi connectivity index (χ0n) is 12.5. The van der Waals surface area contributed by atoms with E-state index in [1.165, 1.54) is 11.3 Å². The Balaban J connectivity index is 1.81. The van der Waals surface area contributed by atoms with Crippen molar-refractivity contribution in [2.45, 2.75) is 13.3 Å². The van der Waals surface area contributed by atoms with Gasteiger partial charge in [0.15, 0.2) is 5.78 Å². The van der Waals surface area contributed by atoms with Crippen LogP contribution in [-0.4, -0.2) is 25.5 Å². The maximum absolute atomic E-state index is 11.9. The predicted octanol–water partition coefficient (Wildman–Crippen LogP) is 3.32. The molecule has 2 rings (SSSR count). The number of carbonyl (C=O) groups is 2. The SMILES string of the molecule is COc1ccccc1NC(=O)NCCc1ccc(C(C)=O)s1. The lowest BCUT2D eigenvalue weighted by Gasteiger charge is -2.10. The predicted molar refractivity (Wildman–Crippen MR) is 88.0 cm³/mol. The van der Waals surface area contributed by atoms with Crippen LogP contribution in [0.2, 0.25) is 0 Å². The van der Waals surface area contributed by atoms with Gasteiger partial charge in [-0.1, -0.05) is 12.1 Å². The lowest BCUT2D eigenvalue weighted by molar-refractivity contribution is 0.102. The second-order valence-corrected chi connectivity index (χ2v) is 5.82. The molecule has 6 heteroatoms. The van der Waals surface area contributed by atoms with Crippen molar-refractivity contribution in [1.82, 2.24) is 5.32 Å². The Labute approximate surface area is 133 Å². The molecule has 0 radical (unpaired) electrons. The fourth-order valence-corrected chi connectivity index (χ4v) is 2.82. The van der Waals surface area contributed by atoms with E-state index >= 15 is 0 Å². The molecule has 0 spiro atoms. The molecule has 22 heavy (non-hydrogen) atoms. The van der Waals surface area contributed by atoms with E-state index < -0.39 is 0 Å². The number of hydrogen-bond acceptors (Lipinski definition) is 4. The number of para-hydroxylation sites is 2. The minimum absolute atomic E-state index is 0.0677. The molecule has 0 aliphatic carbocycles. The second kappa shape index (κ2) is 7.61. The topological polar surface area (TPSA) is 67.4 Å². The first kappa shape index (κ1) is 16.0. The molecule has 2 N–H and O–H groups in total. The Morgan fingerprint density at radius 2 is 1.95 bits per heavy atom. The number of rotatable bonds is 6. The lowest BCUT2D eigenvalue weighted by Crippen LogP contribution is -2.30. The van der Waals surface area contributed by atoms with Gasteiger partial charge in [-0.25, -0.2) is 4.79 Å². The molecule has 5 nitrogen and oxygen atoms in total. The number of ether oxygens (including phenoxy) is 1. The van der Waals surface area contributed by atoms with Crippen LogP contribution in [0.3, 0.4) is 0 Å². The first-order valence-electron chi connectivity index (χ1n) is 6.87. The van der Waals surface area contributed by atoms with Gasteiger partial charge in [0.05, 0.1) is 17.7 Å². The molecular weight excluding hydrogens is 300 g/mol. The number of ketones is 1. The van der Waals surface area contributed by atoms with Crippen LogP contribution in [0.4, 0.5) is 10.5 Å². The highest BCUT2D eigenvalue weighted by Gasteiger charge is 2.07. The summed E-state index contributed by atoms with van der Waals surface area (Å²) in [6, 6.07) is 10.7. The van der Waals surface area contributed by atoms with Crippen LogP contribution in [0.25, 0.3) is 0 Å². The average molecular weight is 318 g/mol. The Bertz CT molecular complexity index is 667. The Morgan fingerprint density at radius 3 is 2.64 bits per heavy atom. The molecule has 0 saturated heterocycles. The van der Waals surface area contributed by atoms with Crippen LogP contribution in [0.5, 0.6) is 5.75 Å².